The Hall–Kier alpha value is -3.09. The van der Waals surface area contributed by atoms with E-state index in [-0.39, 0.29) is 0 Å². The average molecular weight is 412 g/mol. The summed E-state index contributed by atoms with van der Waals surface area (Å²) in [5.74, 6) is 0.916. The maximum absolute atomic E-state index is 12.7. The molecule has 1 aromatic heterocycles. The van der Waals surface area contributed by atoms with E-state index in [4.69, 9.17) is 9.47 Å². The molecule has 0 aliphatic heterocycles. The lowest BCUT2D eigenvalue weighted by atomic mass is 10.1. The molecule has 0 N–H and O–H groups in total. The van der Waals surface area contributed by atoms with Gasteiger partial charge in [-0.3, -0.25) is 0 Å². The zero-order chi connectivity index (χ0) is 21.3. The topological polar surface area (TPSA) is 80.3 Å². The third-order valence-electron chi connectivity index (χ3n) is 4.95. The maximum Gasteiger partial charge on any atom is 0.375 e. The van der Waals surface area contributed by atoms with Crippen molar-refractivity contribution in [1.82, 2.24) is 9.90 Å². The van der Waals surface area contributed by atoms with Crippen molar-refractivity contribution in [2.75, 3.05) is 6.61 Å². The molecule has 0 amide bonds. The van der Waals surface area contributed by atoms with Crippen molar-refractivity contribution in [2.24, 2.45) is 0 Å². The fourth-order valence-corrected chi connectivity index (χ4v) is 3.26. The number of rotatable bonds is 11. The molecule has 0 fully saturated rings. The second-order valence-electron chi connectivity index (χ2n) is 7.35. The first-order chi connectivity index (χ1) is 14.6. The molecular formula is C23H29N3O4. The van der Waals surface area contributed by atoms with Gasteiger partial charge in [-0.1, -0.05) is 55.8 Å². The average Bonchev–Trinajstić information content (AvgIpc) is 3.10. The summed E-state index contributed by atoms with van der Waals surface area (Å²) in [6, 6.07) is 14.0. The molecule has 7 heteroatoms. The van der Waals surface area contributed by atoms with E-state index < -0.39 is 12.0 Å². The highest BCUT2D eigenvalue weighted by atomic mass is 16.5. The summed E-state index contributed by atoms with van der Waals surface area (Å²) in [6.07, 6.45) is 6.54. The van der Waals surface area contributed by atoms with Crippen molar-refractivity contribution < 1.29 is 19.1 Å². The predicted octanol–water partition coefficient (Wildman–Crippen LogP) is 4.52. The number of carbonyl (C=O) groups is 1. The summed E-state index contributed by atoms with van der Waals surface area (Å²) >= 11 is 0. The van der Waals surface area contributed by atoms with Crippen LogP contribution in [0.3, 0.4) is 0 Å². The molecule has 160 valence electrons. The molecular weight excluding hydrogens is 382 g/mol. The molecule has 0 spiro atoms. The summed E-state index contributed by atoms with van der Waals surface area (Å²) in [7, 11) is 0. The summed E-state index contributed by atoms with van der Waals surface area (Å²) < 4.78 is 12.6. The van der Waals surface area contributed by atoms with Crippen LogP contribution in [0.5, 0.6) is 11.5 Å². The number of aromatic nitrogens is 3. The molecule has 7 nitrogen and oxygen atoms in total. The predicted molar refractivity (Wildman–Crippen MR) is 115 cm³/mol. The van der Waals surface area contributed by atoms with Crippen molar-refractivity contribution in [2.45, 2.75) is 58.5 Å². The fourth-order valence-electron chi connectivity index (χ4n) is 3.26. The quantitative estimate of drug-likeness (QED) is 0.263. The lowest BCUT2D eigenvalue weighted by Gasteiger charge is -2.12. The van der Waals surface area contributed by atoms with E-state index in [1.54, 1.807) is 43.3 Å². The Kier molecular flexibility index (Phi) is 7.65. The Morgan fingerprint density at radius 2 is 1.70 bits per heavy atom. The molecule has 0 aliphatic rings. The molecule has 1 unspecified atom stereocenters. The summed E-state index contributed by atoms with van der Waals surface area (Å²) in [4.78, 5) is 13.2. The van der Waals surface area contributed by atoms with E-state index in [9.17, 15) is 10.0 Å². The third kappa shape index (κ3) is 5.49. The Labute approximate surface area is 176 Å². The summed E-state index contributed by atoms with van der Waals surface area (Å²) in [5.41, 5.74) is 0.788. The molecule has 2 aromatic carbocycles. The van der Waals surface area contributed by atoms with E-state index in [2.05, 4.69) is 12.1 Å². The van der Waals surface area contributed by atoms with Crippen LogP contribution in [0.4, 0.5) is 0 Å². The lowest BCUT2D eigenvalue weighted by molar-refractivity contribution is -0.645. The molecule has 0 bridgehead atoms. The minimum absolute atomic E-state index is 0.338. The number of carbonyl (C=O) groups excluding carboxylic acids is 1. The molecule has 0 radical (unpaired) electrons. The van der Waals surface area contributed by atoms with Crippen molar-refractivity contribution in [3.05, 3.63) is 53.7 Å². The Morgan fingerprint density at radius 1 is 1.03 bits per heavy atom. The van der Waals surface area contributed by atoms with Crippen molar-refractivity contribution in [3.63, 3.8) is 0 Å². The van der Waals surface area contributed by atoms with E-state index in [1.807, 2.05) is 12.1 Å². The van der Waals surface area contributed by atoms with Crippen LogP contribution in [-0.2, 0) is 0 Å². The van der Waals surface area contributed by atoms with Gasteiger partial charge in [0.05, 0.1) is 6.61 Å². The van der Waals surface area contributed by atoms with Crippen LogP contribution in [0.1, 0.15) is 57.2 Å². The largest absolute Gasteiger partial charge is 0.691 e. The smallest absolute Gasteiger partial charge is 0.375 e. The van der Waals surface area contributed by atoms with Gasteiger partial charge in [-0.15, -0.1) is 4.85 Å². The van der Waals surface area contributed by atoms with Gasteiger partial charge < -0.3 is 14.7 Å². The van der Waals surface area contributed by atoms with Crippen molar-refractivity contribution >= 4 is 16.9 Å². The molecule has 3 rings (SSSR count). The highest BCUT2D eigenvalue weighted by Gasteiger charge is 2.27. The second kappa shape index (κ2) is 10.6. The third-order valence-corrected chi connectivity index (χ3v) is 4.95. The van der Waals surface area contributed by atoms with Crippen LogP contribution in [-0.4, -0.2) is 28.5 Å². The van der Waals surface area contributed by atoms with Crippen molar-refractivity contribution in [1.29, 1.82) is 0 Å². The first-order valence-corrected chi connectivity index (χ1v) is 10.6. The van der Waals surface area contributed by atoms with Gasteiger partial charge >= 0.3 is 5.91 Å². The normalized spacial score (nSPS) is 12.1. The van der Waals surface area contributed by atoms with E-state index in [0.717, 1.165) is 16.9 Å². The fraction of sp³-hybridized carbons (Fsp3) is 0.435. The first kappa shape index (κ1) is 21.6. The molecule has 0 saturated carbocycles. The number of nitrogens with zero attached hydrogens (tertiary/aromatic N) is 3. The van der Waals surface area contributed by atoms with Crippen LogP contribution in [0.2, 0.25) is 0 Å². The number of benzene rings is 2. The summed E-state index contributed by atoms with van der Waals surface area (Å²) in [5, 5.41) is 15.6. The van der Waals surface area contributed by atoms with E-state index >= 15 is 0 Å². The highest BCUT2D eigenvalue weighted by Crippen LogP contribution is 2.20. The van der Waals surface area contributed by atoms with E-state index in [0.29, 0.717) is 28.2 Å². The van der Waals surface area contributed by atoms with Crippen LogP contribution < -0.4 is 14.3 Å². The van der Waals surface area contributed by atoms with Gasteiger partial charge in [0, 0.05) is 0 Å². The van der Waals surface area contributed by atoms with Crippen LogP contribution >= 0.6 is 0 Å². The Balaban J connectivity index is 1.50. The number of hydrogen-bond acceptors (Lipinski definition) is 5. The van der Waals surface area contributed by atoms with Gasteiger partial charge in [0.2, 0.25) is 11.0 Å². The van der Waals surface area contributed by atoms with Gasteiger partial charge in [0.25, 0.3) is 0 Å². The first-order valence-electron chi connectivity index (χ1n) is 10.6. The second-order valence-corrected chi connectivity index (χ2v) is 7.35. The van der Waals surface area contributed by atoms with Gasteiger partial charge in [-0.05, 0) is 49.7 Å². The molecule has 30 heavy (non-hydrogen) atoms. The monoisotopic (exact) mass is 411 g/mol. The molecule has 3 aromatic rings. The van der Waals surface area contributed by atoms with Crippen LogP contribution in [0.25, 0.3) is 11.0 Å². The maximum atomic E-state index is 12.7. The highest BCUT2D eigenvalue weighted by molar-refractivity contribution is 5.90. The SMILES string of the molecule is CCCCCCCCOc1ccc(OC(C)C(=O)n2n[n+]([O-])c3ccccc32)cc1. The Bertz CT molecular complexity index is 953. The van der Waals surface area contributed by atoms with Crippen LogP contribution in [0.15, 0.2) is 48.5 Å². The van der Waals surface area contributed by atoms with Crippen molar-refractivity contribution in [3.8, 4) is 11.5 Å². The van der Waals surface area contributed by atoms with Gasteiger partial charge in [0.1, 0.15) is 16.7 Å². The lowest BCUT2D eigenvalue weighted by Crippen LogP contribution is -2.35. The van der Waals surface area contributed by atoms with Gasteiger partial charge in [-0.2, -0.15) is 0 Å². The molecule has 0 aliphatic carbocycles. The number of para-hydroxylation sites is 2. The molecule has 0 saturated heterocycles. The van der Waals surface area contributed by atoms with Gasteiger partial charge in [-0.25, -0.2) is 4.79 Å². The Morgan fingerprint density at radius 3 is 2.47 bits per heavy atom. The molecule has 1 atom stereocenters. The zero-order valence-electron chi connectivity index (χ0n) is 17.6. The summed E-state index contributed by atoms with van der Waals surface area (Å²) in [6.45, 7) is 4.55. The number of ether oxygens (including phenoxy) is 2. The van der Waals surface area contributed by atoms with Crippen LogP contribution in [0, 0.1) is 5.21 Å². The minimum atomic E-state index is -0.803. The number of unbranched alkanes of at least 4 members (excludes halogenated alkanes) is 5. The number of fused-ring (bicyclic) bond motifs is 1. The molecule has 1 heterocycles. The van der Waals surface area contributed by atoms with Gasteiger partial charge in [0.15, 0.2) is 6.10 Å². The van der Waals surface area contributed by atoms with E-state index in [1.165, 1.54) is 32.1 Å². The minimum Gasteiger partial charge on any atom is -0.691 e. The number of hydrogen-bond donors (Lipinski definition) is 0. The zero-order valence-corrected chi connectivity index (χ0v) is 17.6. The standard InChI is InChI=1S/C23H29N3O4/c1-3-4-5-6-7-10-17-29-19-13-15-20(16-14-19)30-18(2)23(27)25-21-11-8-9-12-22(21)26(28)24-25/h8-9,11-16,18H,3-7,10,17H2,1-2H3.